The number of aromatic nitrogens is 1. The number of thiazole rings is 1. The summed E-state index contributed by atoms with van der Waals surface area (Å²) in [7, 11) is 5.59. The molecule has 0 saturated carbocycles. The number of carbonyl (C=O) groups excluding carboxylic acids is 3. The molecule has 36 heavy (non-hydrogen) atoms. The van der Waals surface area contributed by atoms with E-state index in [9.17, 15) is 14.4 Å². The number of methoxy groups -OCH3 is 1. The van der Waals surface area contributed by atoms with E-state index in [2.05, 4.69) is 11.9 Å². The molecule has 0 bridgehead atoms. The highest BCUT2D eigenvalue weighted by atomic mass is 32.1. The van der Waals surface area contributed by atoms with Gasteiger partial charge in [0, 0.05) is 55.9 Å². The Kier molecular flexibility index (Phi) is 8.74. The molecule has 2 aromatic rings. The van der Waals surface area contributed by atoms with Gasteiger partial charge in [-0.2, -0.15) is 0 Å². The summed E-state index contributed by atoms with van der Waals surface area (Å²) in [5, 5.41) is 2.86. The fraction of sp³-hybridized carbons (Fsp3) is 0.556. The van der Waals surface area contributed by atoms with Crippen molar-refractivity contribution in [3.63, 3.8) is 0 Å². The molecule has 4 rings (SSSR count). The Bertz CT molecular complexity index is 1050. The Labute approximate surface area is 217 Å². The second kappa shape index (κ2) is 12.0. The lowest BCUT2D eigenvalue weighted by Gasteiger charge is -2.34. The zero-order valence-electron chi connectivity index (χ0n) is 21.4. The fourth-order valence-electron chi connectivity index (χ4n) is 4.98. The van der Waals surface area contributed by atoms with Crippen molar-refractivity contribution in [1.29, 1.82) is 0 Å². The van der Waals surface area contributed by atoms with Gasteiger partial charge in [0.15, 0.2) is 5.78 Å². The van der Waals surface area contributed by atoms with E-state index >= 15 is 0 Å². The quantitative estimate of drug-likeness (QED) is 0.502. The summed E-state index contributed by atoms with van der Waals surface area (Å²) >= 11 is 1.55. The number of amides is 2. The van der Waals surface area contributed by atoms with Crippen LogP contribution in [0, 0.1) is 0 Å². The maximum Gasteiger partial charge on any atom is 0.273 e. The number of nitrogens with zero attached hydrogens (tertiary/aromatic N) is 4. The molecule has 0 spiro atoms. The molecule has 3 heterocycles. The van der Waals surface area contributed by atoms with Gasteiger partial charge in [0.2, 0.25) is 5.91 Å². The molecule has 2 amide bonds. The molecule has 0 unspecified atom stereocenters. The van der Waals surface area contributed by atoms with Gasteiger partial charge in [0.25, 0.3) is 5.91 Å². The van der Waals surface area contributed by atoms with Crippen LogP contribution in [0.3, 0.4) is 0 Å². The third-order valence-electron chi connectivity index (χ3n) is 7.47. The van der Waals surface area contributed by atoms with Crippen molar-refractivity contribution >= 4 is 28.9 Å². The first-order chi connectivity index (χ1) is 17.4. The van der Waals surface area contributed by atoms with E-state index in [-0.39, 0.29) is 42.4 Å². The molecular formula is C27H36N4O4S. The lowest BCUT2D eigenvalue weighted by Crippen LogP contribution is -2.44. The zero-order valence-corrected chi connectivity index (χ0v) is 22.3. The average Bonchev–Trinajstić information content (AvgIpc) is 3.41. The summed E-state index contributed by atoms with van der Waals surface area (Å²) in [6, 6.07) is 7.24. The number of likely N-dealkylation sites (tertiary alicyclic amines) is 2. The molecule has 9 heteroatoms. The number of piperidine rings is 2. The standard InChI is InChI=1S/C27H36N4O4S/c1-29-14-12-21(13-15-29)30(2)27(34)23-18-36-26(28-23)20-10-16-31(17-11-20)25(33)9-8-24(32)19-4-6-22(35-3)7-5-19/h4-7,18,20-21H,8-17H2,1-3H3. The van der Waals surface area contributed by atoms with Crippen LogP contribution in [0.5, 0.6) is 5.75 Å². The van der Waals surface area contributed by atoms with Gasteiger partial charge in [-0.15, -0.1) is 11.3 Å². The first-order valence-corrected chi connectivity index (χ1v) is 13.6. The Balaban J connectivity index is 1.23. The number of Topliss-reactive ketones (excluding diaryl/α,β-unsaturated/α-hetero) is 1. The van der Waals surface area contributed by atoms with Gasteiger partial charge in [-0.05, 0) is 70.1 Å². The van der Waals surface area contributed by atoms with Crippen molar-refractivity contribution < 1.29 is 19.1 Å². The fourth-order valence-corrected chi connectivity index (χ4v) is 5.94. The lowest BCUT2D eigenvalue weighted by molar-refractivity contribution is -0.132. The highest BCUT2D eigenvalue weighted by molar-refractivity contribution is 7.09. The molecule has 1 aromatic heterocycles. The molecule has 194 valence electrons. The number of rotatable bonds is 8. The molecule has 2 saturated heterocycles. The number of benzene rings is 1. The van der Waals surface area contributed by atoms with Gasteiger partial charge in [-0.25, -0.2) is 4.98 Å². The van der Waals surface area contributed by atoms with E-state index in [1.165, 1.54) is 0 Å². The molecule has 8 nitrogen and oxygen atoms in total. The number of ether oxygens (including phenoxy) is 1. The highest BCUT2D eigenvalue weighted by Crippen LogP contribution is 2.31. The van der Waals surface area contributed by atoms with Crippen molar-refractivity contribution in [3.8, 4) is 5.75 Å². The van der Waals surface area contributed by atoms with Crippen molar-refractivity contribution in [1.82, 2.24) is 19.7 Å². The Morgan fingerprint density at radius 2 is 1.69 bits per heavy atom. The third-order valence-corrected chi connectivity index (χ3v) is 8.48. The van der Waals surface area contributed by atoms with Crippen molar-refractivity contribution in [3.05, 3.63) is 45.9 Å². The molecule has 2 fully saturated rings. The summed E-state index contributed by atoms with van der Waals surface area (Å²) < 4.78 is 5.12. The Hall–Kier alpha value is -2.78. The molecular weight excluding hydrogens is 476 g/mol. The van der Waals surface area contributed by atoms with Crippen molar-refractivity contribution in [2.75, 3.05) is 47.4 Å². The van der Waals surface area contributed by atoms with Crippen LogP contribution in [0.4, 0.5) is 0 Å². The minimum absolute atomic E-state index is 0.00111. The Morgan fingerprint density at radius 3 is 2.33 bits per heavy atom. The van der Waals surface area contributed by atoms with E-state index in [0.29, 0.717) is 30.1 Å². The second-order valence-corrected chi connectivity index (χ2v) is 10.7. The molecule has 2 aliphatic heterocycles. The van der Waals surface area contributed by atoms with E-state index in [4.69, 9.17) is 9.72 Å². The largest absolute Gasteiger partial charge is 0.497 e. The van der Waals surface area contributed by atoms with Crippen LogP contribution in [-0.4, -0.2) is 90.7 Å². The average molecular weight is 513 g/mol. The Morgan fingerprint density at radius 1 is 1.03 bits per heavy atom. The van der Waals surface area contributed by atoms with Crippen LogP contribution >= 0.6 is 11.3 Å². The summed E-state index contributed by atoms with van der Waals surface area (Å²) in [5.74, 6) is 0.944. The van der Waals surface area contributed by atoms with Crippen LogP contribution in [0.1, 0.15) is 70.3 Å². The smallest absolute Gasteiger partial charge is 0.273 e. The van der Waals surface area contributed by atoms with Gasteiger partial charge in [0.1, 0.15) is 11.4 Å². The molecule has 0 radical (unpaired) electrons. The maximum atomic E-state index is 13.0. The number of hydrogen-bond donors (Lipinski definition) is 0. The third kappa shape index (κ3) is 6.31. The SMILES string of the molecule is COc1ccc(C(=O)CCC(=O)N2CCC(c3nc(C(=O)N(C)C4CCN(C)CC4)cs3)CC2)cc1. The van der Waals surface area contributed by atoms with Gasteiger partial charge in [-0.3, -0.25) is 14.4 Å². The van der Waals surface area contributed by atoms with E-state index in [1.54, 1.807) is 42.7 Å². The minimum atomic E-state index is -0.0360. The van der Waals surface area contributed by atoms with E-state index < -0.39 is 0 Å². The van der Waals surface area contributed by atoms with Crippen molar-refractivity contribution in [2.24, 2.45) is 0 Å². The topological polar surface area (TPSA) is 83.0 Å². The van der Waals surface area contributed by atoms with E-state index in [0.717, 1.165) is 43.8 Å². The van der Waals surface area contributed by atoms with Crippen LogP contribution in [0.25, 0.3) is 0 Å². The lowest BCUT2D eigenvalue weighted by atomic mass is 9.97. The zero-order chi connectivity index (χ0) is 25.7. The first kappa shape index (κ1) is 26.3. The molecule has 2 aliphatic rings. The second-order valence-electron chi connectivity index (χ2n) is 9.83. The number of ketones is 1. The predicted octanol–water partition coefficient (Wildman–Crippen LogP) is 3.69. The van der Waals surface area contributed by atoms with Crippen LogP contribution in [0.2, 0.25) is 0 Å². The van der Waals surface area contributed by atoms with Crippen LogP contribution in [-0.2, 0) is 4.79 Å². The number of hydrogen-bond acceptors (Lipinski definition) is 7. The maximum absolute atomic E-state index is 13.0. The molecule has 0 atom stereocenters. The molecule has 0 N–H and O–H groups in total. The van der Waals surface area contributed by atoms with Gasteiger partial charge in [-0.1, -0.05) is 0 Å². The van der Waals surface area contributed by atoms with Crippen LogP contribution < -0.4 is 4.74 Å². The summed E-state index contributed by atoms with van der Waals surface area (Å²) in [5.41, 5.74) is 1.13. The van der Waals surface area contributed by atoms with Crippen LogP contribution in [0.15, 0.2) is 29.6 Å². The monoisotopic (exact) mass is 512 g/mol. The number of carbonyl (C=O) groups is 3. The van der Waals surface area contributed by atoms with Gasteiger partial charge < -0.3 is 19.4 Å². The summed E-state index contributed by atoms with van der Waals surface area (Å²) in [6.45, 7) is 3.33. The van der Waals surface area contributed by atoms with Gasteiger partial charge in [0.05, 0.1) is 12.1 Å². The molecule has 1 aromatic carbocycles. The molecule has 0 aliphatic carbocycles. The van der Waals surface area contributed by atoms with Gasteiger partial charge >= 0.3 is 0 Å². The predicted molar refractivity (Wildman–Crippen MR) is 140 cm³/mol. The summed E-state index contributed by atoms with van der Waals surface area (Å²) in [6.07, 6.45) is 4.05. The first-order valence-electron chi connectivity index (χ1n) is 12.7. The van der Waals surface area contributed by atoms with Crippen molar-refractivity contribution in [2.45, 2.75) is 50.5 Å². The normalized spacial score (nSPS) is 17.7. The van der Waals surface area contributed by atoms with E-state index in [1.807, 2.05) is 22.2 Å². The summed E-state index contributed by atoms with van der Waals surface area (Å²) in [4.78, 5) is 48.8. The highest BCUT2D eigenvalue weighted by Gasteiger charge is 2.29. The minimum Gasteiger partial charge on any atom is -0.497 e.